The first kappa shape index (κ1) is 14.3. The number of nitrogens with one attached hydrogen (secondary N) is 1. The average molecular weight is 283 g/mol. The Morgan fingerprint density at radius 3 is 2.57 bits per heavy atom. The molecule has 0 saturated heterocycles. The average Bonchev–Trinajstić information content (AvgIpc) is 3.20. The van der Waals surface area contributed by atoms with Gasteiger partial charge in [0.05, 0.1) is 11.9 Å². The molecule has 2 atom stereocenters. The molecule has 1 aromatic carbocycles. The van der Waals surface area contributed by atoms with Crippen molar-refractivity contribution in [3.8, 4) is 5.69 Å². The Hall–Kier alpha value is -1.61. The van der Waals surface area contributed by atoms with E-state index in [4.69, 9.17) is 0 Å². The van der Waals surface area contributed by atoms with E-state index >= 15 is 0 Å². The zero-order chi connectivity index (χ0) is 14.7. The zero-order valence-corrected chi connectivity index (χ0v) is 13.0. The molecule has 3 nitrogen and oxygen atoms in total. The second-order valence-corrected chi connectivity index (χ2v) is 6.28. The van der Waals surface area contributed by atoms with Gasteiger partial charge in [-0.05, 0) is 44.7 Å². The van der Waals surface area contributed by atoms with Crippen molar-refractivity contribution in [2.75, 3.05) is 0 Å². The molecule has 3 rings (SSSR count). The molecule has 1 aliphatic carbocycles. The minimum Gasteiger partial charge on any atom is -0.307 e. The van der Waals surface area contributed by atoms with Crippen LogP contribution in [0, 0.1) is 5.92 Å². The molecule has 1 saturated carbocycles. The summed E-state index contributed by atoms with van der Waals surface area (Å²) in [6.45, 7) is 4.56. The van der Waals surface area contributed by atoms with Crippen LogP contribution < -0.4 is 5.32 Å². The minimum absolute atomic E-state index is 0.345. The highest BCUT2D eigenvalue weighted by atomic mass is 15.3. The molecule has 0 spiro atoms. The maximum absolute atomic E-state index is 4.49. The Kier molecular flexibility index (Phi) is 4.39. The van der Waals surface area contributed by atoms with Gasteiger partial charge in [-0.3, -0.25) is 0 Å². The third kappa shape index (κ3) is 3.35. The van der Waals surface area contributed by atoms with Crippen molar-refractivity contribution in [2.45, 2.75) is 51.6 Å². The van der Waals surface area contributed by atoms with Crippen LogP contribution in [0.5, 0.6) is 0 Å². The summed E-state index contributed by atoms with van der Waals surface area (Å²) in [7, 11) is 0. The largest absolute Gasteiger partial charge is 0.307 e. The number of para-hydroxylation sites is 1. The molecule has 2 aromatic rings. The van der Waals surface area contributed by atoms with Gasteiger partial charge in [0.15, 0.2) is 0 Å². The van der Waals surface area contributed by atoms with Crippen LogP contribution in [0.3, 0.4) is 0 Å². The number of nitrogens with zero attached hydrogens (tertiary/aromatic N) is 2. The molecule has 21 heavy (non-hydrogen) atoms. The van der Waals surface area contributed by atoms with Gasteiger partial charge in [0.25, 0.3) is 0 Å². The number of hydrogen-bond donors (Lipinski definition) is 1. The summed E-state index contributed by atoms with van der Waals surface area (Å²) in [4.78, 5) is 0. The molecule has 112 valence electrons. The smallest absolute Gasteiger partial charge is 0.0645 e. The lowest BCUT2D eigenvalue weighted by Crippen LogP contribution is -2.34. The van der Waals surface area contributed by atoms with Gasteiger partial charge in [-0.1, -0.05) is 31.0 Å². The number of rotatable bonds is 5. The molecular weight excluding hydrogens is 258 g/mol. The normalized spacial score (nSPS) is 18.8. The quantitative estimate of drug-likeness (QED) is 0.895. The highest BCUT2D eigenvalue weighted by Gasteiger charge is 2.23. The monoisotopic (exact) mass is 283 g/mol. The molecule has 1 heterocycles. The first-order chi connectivity index (χ1) is 10.2. The van der Waals surface area contributed by atoms with Crippen LogP contribution in [0.25, 0.3) is 5.69 Å². The van der Waals surface area contributed by atoms with Crippen LogP contribution in [0.2, 0.25) is 0 Å². The molecule has 0 aliphatic heterocycles. The molecule has 0 bridgehead atoms. The lowest BCUT2D eigenvalue weighted by molar-refractivity contribution is 0.352. The fourth-order valence-electron chi connectivity index (χ4n) is 3.37. The van der Waals surface area contributed by atoms with E-state index in [1.54, 1.807) is 0 Å². The molecule has 1 aliphatic rings. The van der Waals surface area contributed by atoms with Gasteiger partial charge < -0.3 is 5.32 Å². The summed E-state index contributed by atoms with van der Waals surface area (Å²) in [6.07, 6.45) is 9.67. The van der Waals surface area contributed by atoms with Crippen molar-refractivity contribution in [1.82, 2.24) is 15.1 Å². The van der Waals surface area contributed by atoms with Gasteiger partial charge >= 0.3 is 0 Å². The van der Waals surface area contributed by atoms with Crippen molar-refractivity contribution >= 4 is 0 Å². The predicted octanol–water partition coefficient (Wildman–Crippen LogP) is 4.10. The molecule has 1 unspecified atom stereocenters. The van der Waals surface area contributed by atoms with E-state index in [1.807, 2.05) is 29.1 Å². The van der Waals surface area contributed by atoms with Gasteiger partial charge in [-0.15, -0.1) is 0 Å². The third-order valence-corrected chi connectivity index (χ3v) is 4.74. The SMILES string of the molecule is CC(N[C@@H](C)C1CCCC1)c1cnn(-c2ccccc2)c1. The van der Waals surface area contributed by atoms with Crippen LogP contribution in [-0.2, 0) is 0 Å². The summed E-state index contributed by atoms with van der Waals surface area (Å²) in [5.74, 6) is 0.844. The Bertz CT molecular complexity index is 555. The highest BCUT2D eigenvalue weighted by Crippen LogP contribution is 2.28. The summed E-state index contributed by atoms with van der Waals surface area (Å²) in [6, 6.07) is 11.2. The van der Waals surface area contributed by atoms with Crippen LogP contribution in [-0.4, -0.2) is 15.8 Å². The van der Waals surface area contributed by atoms with Gasteiger partial charge in [-0.2, -0.15) is 5.10 Å². The molecule has 1 aromatic heterocycles. The lowest BCUT2D eigenvalue weighted by atomic mass is 9.98. The van der Waals surface area contributed by atoms with E-state index in [-0.39, 0.29) is 0 Å². The van der Waals surface area contributed by atoms with E-state index in [1.165, 1.54) is 31.2 Å². The fourth-order valence-corrected chi connectivity index (χ4v) is 3.37. The highest BCUT2D eigenvalue weighted by molar-refractivity contribution is 5.31. The predicted molar refractivity (Wildman–Crippen MR) is 86.5 cm³/mol. The van der Waals surface area contributed by atoms with E-state index in [0.29, 0.717) is 12.1 Å². The molecular formula is C18H25N3. The number of hydrogen-bond acceptors (Lipinski definition) is 2. The Balaban J connectivity index is 1.65. The number of benzene rings is 1. The van der Waals surface area contributed by atoms with Crippen molar-refractivity contribution in [2.24, 2.45) is 5.92 Å². The Morgan fingerprint density at radius 1 is 1.14 bits per heavy atom. The second kappa shape index (κ2) is 6.44. The molecule has 0 amide bonds. The van der Waals surface area contributed by atoms with Gasteiger partial charge in [-0.25, -0.2) is 4.68 Å². The lowest BCUT2D eigenvalue weighted by Gasteiger charge is -2.24. The molecule has 3 heteroatoms. The van der Waals surface area contributed by atoms with Gasteiger partial charge in [0.1, 0.15) is 0 Å². The summed E-state index contributed by atoms with van der Waals surface area (Å²) in [5.41, 5.74) is 2.36. The van der Waals surface area contributed by atoms with Crippen molar-refractivity contribution in [3.05, 3.63) is 48.3 Å². The summed E-state index contributed by atoms with van der Waals surface area (Å²) in [5, 5.41) is 8.24. The topological polar surface area (TPSA) is 29.9 Å². The molecule has 0 radical (unpaired) electrons. The van der Waals surface area contributed by atoms with E-state index in [9.17, 15) is 0 Å². The summed E-state index contributed by atoms with van der Waals surface area (Å²) >= 11 is 0. The first-order valence-electron chi connectivity index (χ1n) is 8.10. The number of aromatic nitrogens is 2. The van der Waals surface area contributed by atoms with E-state index < -0.39 is 0 Å². The molecule has 1 N–H and O–H groups in total. The minimum atomic E-state index is 0.345. The molecule has 1 fully saturated rings. The van der Waals surface area contributed by atoms with Crippen LogP contribution in [0.15, 0.2) is 42.7 Å². The fraction of sp³-hybridized carbons (Fsp3) is 0.500. The van der Waals surface area contributed by atoms with Crippen LogP contribution in [0.1, 0.15) is 51.1 Å². The Morgan fingerprint density at radius 2 is 1.86 bits per heavy atom. The van der Waals surface area contributed by atoms with Crippen LogP contribution >= 0.6 is 0 Å². The Labute approximate surface area is 127 Å². The van der Waals surface area contributed by atoms with E-state index in [0.717, 1.165) is 11.6 Å². The van der Waals surface area contributed by atoms with Crippen molar-refractivity contribution in [3.63, 3.8) is 0 Å². The van der Waals surface area contributed by atoms with Crippen molar-refractivity contribution < 1.29 is 0 Å². The summed E-state index contributed by atoms with van der Waals surface area (Å²) < 4.78 is 1.95. The maximum atomic E-state index is 4.49. The van der Waals surface area contributed by atoms with Crippen molar-refractivity contribution in [1.29, 1.82) is 0 Å². The van der Waals surface area contributed by atoms with Gasteiger partial charge in [0, 0.05) is 23.8 Å². The zero-order valence-electron chi connectivity index (χ0n) is 13.0. The van der Waals surface area contributed by atoms with Gasteiger partial charge in [0.2, 0.25) is 0 Å². The second-order valence-electron chi connectivity index (χ2n) is 6.28. The standard InChI is InChI=1S/C18H25N3/c1-14(16-8-6-7-9-16)20-15(2)17-12-19-21(13-17)18-10-4-3-5-11-18/h3-5,10-16,20H,6-9H2,1-2H3/t14-,15?/m0/s1. The maximum Gasteiger partial charge on any atom is 0.0645 e. The van der Waals surface area contributed by atoms with E-state index in [2.05, 4.69) is 42.6 Å². The third-order valence-electron chi connectivity index (χ3n) is 4.74. The van der Waals surface area contributed by atoms with Crippen LogP contribution in [0.4, 0.5) is 0 Å². The first-order valence-corrected chi connectivity index (χ1v) is 8.10.